The molecule has 0 unspecified atom stereocenters. The van der Waals surface area contributed by atoms with E-state index in [1.54, 1.807) is 22.8 Å². The molecule has 2 aromatic heterocycles. The summed E-state index contributed by atoms with van der Waals surface area (Å²) >= 11 is 1.52. The number of rotatable bonds is 5. The monoisotopic (exact) mass is 402 g/mol. The molecule has 2 heterocycles. The Bertz CT molecular complexity index is 1190. The zero-order valence-electron chi connectivity index (χ0n) is 16.4. The molecule has 0 aliphatic heterocycles. The van der Waals surface area contributed by atoms with E-state index < -0.39 is 0 Å². The van der Waals surface area contributed by atoms with Crippen molar-refractivity contribution in [3.63, 3.8) is 0 Å². The minimum atomic E-state index is -0.138. The molecular formula is C24H22N2O2S. The molecule has 0 amide bonds. The van der Waals surface area contributed by atoms with E-state index in [1.165, 1.54) is 16.9 Å². The first-order valence-electron chi connectivity index (χ1n) is 9.65. The molecule has 146 valence electrons. The third-order valence-electron chi connectivity index (χ3n) is 4.91. The molecule has 0 aliphatic carbocycles. The van der Waals surface area contributed by atoms with Crippen LogP contribution in [0.2, 0.25) is 0 Å². The molecule has 0 atom stereocenters. The normalized spacial score (nSPS) is 11.0. The Morgan fingerprint density at radius 2 is 1.79 bits per heavy atom. The second kappa shape index (κ2) is 8.05. The lowest BCUT2D eigenvalue weighted by Gasteiger charge is -2.17. The number of aromatic nitrogens is 2. The molecule has 0 bridgehead atoms. The van der Waals surface area contributed by atoms with Gasteiger partial charge >= 0.3 is 0 Å². The van der Waals surface area contributed by atoms with Gasteiger partial charge in [-0.15, -0.1) is 11.3 Å². The van der Waals surface area contributed by atoms with Gasteiger partial charge in [0, 0.05) is 4.88 Å². The van der Waals surface area contributed by atoms with E-state index in [2.05, 4.69) is 6.92 Å². The lowest BCUT2D eigenvalue weighted by Crippen LogP contribution is -2.24. The average molecular weight is 403 g/mol. The summed E-state index contributed by atoms with van der Waals surface area (Å²) in [6.45, 7) is 3.99. The molecule has 5 heteroatoms. The van der Waals surface area contributed by atoms with E-state index in [0.29, 0.717) is 22.6 Å². The van der Waals surface area contributed by atoms with Crippen molar-refractivity contribution in [3.05, 3.63) is 87.7 Å². The Balaban J connectivity index is 2.01. The van der Waals surface area contributed by atoms with Crippen LogP contribution in [0.15, 0.2) is 70.8 Å². The fraction of sp³-hybridized carbons (Fsp3) is 0.167. The lowest BCUT2D eigenvalue weighted by molar-refractivity contribution is 0.476. The zero-order valence-corrected chi connectivity index (χ0v) is 17.2. The minimum Gasteiger partial charge on any atom is -0.507 e. The van der Waals surface area contributed by atoms with Crippen molar-refractivity contribution in [1.29, 1.82) is 0 Å². The highest BCUT2D eigenvalue weighted by Gasteiger charge is 2.20. The van der Waals surface area contributed by atoms with Crippen LogP contribution in [-0.4, -0.2) is 14.7 Å². The molecule has 0 spiro atoms. The number of thiophene rings is 1. The molecular weight excluding hydrogens is 380 g/mol. The first-order chi connectivity index (χ1) is 14.1. The highest BCUT2D eigenvalue weighted by Crippen LogP contribution is 2.31. The van der Waals surface area contributed by atoms with Crippen molar-refractivity contribution in [3.8, 4) is 33.3 Å². The number of para-hydroxylation sites is 1. The van der Waals surface area contributed by atoms with Gasteiger partial charge in [0.1, 0.15) is 5.75 Å². The van der Waals surface area contributed by atoms with Crippen LogP contribution in [0.1, 0.15) is 24.6 Å². The highest BCUT2D eigenvalue weighted by atomic mass is 32.1. The second-order valence-corrected chi connectivity index (χ2v) is 7.89. The summed E-state index contributed by atoms with van der Waals surface area (Å²) in [7, 11) is 0. The number of benzene rings is 2. The summed E-state index contributed by atoms with van der Waals surface area (Å²) in [6.07, 6.45) is 2.06. The molecule has 1 N–H and O–H groups in total. The van der Waals surface area contributed by atoms with Crippen molar-refractivity contribution in [1.82, 2.24) is 9.55 Å². The average Bonchev–Trinajstić information content (AvgIpc) is 3.23. The van der Waals surface area contributed by atoms with Crippen molar-refractivity contribution < 1.29 is 5.11 Å². The van der Waals surface area contributed by atoms with Crippen LogP contribution in [-0.2, 0) is 6.42 Å². The Morgan fingerprint density at radius 1 is 1.03 bits per heavy atom. The Morgan fingerprint density at radius 3 is 2.45 bits per heavy atom. The largest absolute Gasteiger partial charge is 0.507 e. The quantitative estimate of drug-likeness (QED) is 0.473. The van der Waals surface area contributed by atoms with Gasteiger partial charge in [-0.3, -0.25) is 9.36 Å². The third-order valence-corrected chi connectivity index (χ3v) is 5.80. The summed E-state index contributed by atoms with van der Waals surface area (Å²) in [4.78, 5) is 19.3. The summed E-state index contributed by atoms with van der Waals surface area (Å²) < 4.78 is 1.60. The molecule has 0 saturated heterocycles. The minimum absolute atomic E-state index is 0.0963. The molecule has 0 radical (unpaired) electrons. The van der Waals surface area contributed by atoms with E-state index in [9.17, 15) is 9.90 Å². The molecule has 29 heavy (non-hydrogen) atoms. The molecule has 4 rings (SSSR count). The number of aryl methyl sites for hydroxylation is 2. The van der Waals surface area contributed by atoms with Crippen molar-refractivity contribution in [2.75, 3.05) is 0 Å². The Kier molecular flexibility index (Phi) is 5.32. The molecule has 0 fully saturated rings. The second-order valence-electron chi connectivity index (χ2n) is 6.95. The fourth-order valence-corrected chi connectivity index (χ4v) is 4.33. The number of hydrogen-bond donors (Lipinski definition) is 1. The van der Waals surface area contributed by atoms with Gasteiger partial charge in [0.2, 0.25) is 0 Å². The maximum atomic E-state index is 13.7. The van der Waals surface area contributed by atoms with E-state index in [-0.39, 0.29) is 11.3 Å². The predicted molar refractivity (Wildman–Crippen MR) is 119 cm³/mol. The molecule has 0 saturated carbocycles. The zero-order chi connectivity index (χ0) is 20.4. The lowest BCUT2D eigenvalue weighted by atomic mass is 10.1. The van der Waals surface area contributed by atoms with E-state index in [0.717, 1.165) is 23.4 Å². The van der Waals surface area contributed by atoms with Crippen molar-refractivity contribution in [2.45, 2.75) is 26.7 Å². The van der Waals surface area contributed by atoms with Crippen LogP contribution in [0, 0.1) is 6.92 Å². The Labute approximate surface area is 173 Å². The van der Waals surface area contributed by atoms with E-state index in [4.69, 9.17) is 4.98 Å². The number of nitrogens with zero attached hydrogens (tertiary/aromatic N) is 2. The van der Waals surface area contributed by atoms with E-state index in [1.807, 2.05) is 54.8 Å². The third kappa shape index (κ3) is 3.61. The van der Waals surface area contributed by atoms with Crippen LogP contribution >= 0.6 is 11.3 Å². The topological polar surface area (TPSA) is 55.1 Å². The van der Waals surface area contributed by atoms with Crippen LogP contribution in [0.3, 0.4) is 0 Å². The molecule has 4 aromatic rings. The number of phenolic OH excluding ortho intramolecular Hbond substituents is 1. The number of hydrogen-bond acceptors (Lipinski definition) is 4. The van der Waals surface area contributed by atoms with Gasteiger partial charge in [-0.05, 0) is 54.6 Å². The summed E-state index contributed by atoms with van der Waals surface area (Å²) in [5.74, 6) is 0.535. The van der Waals surface area contributed by atoms with Crippen LogP contribution < -0.4 is 5.56 Å². The molecule has 0 aliphatic rings. The molecule has 4 nitrogen and oxygen atoms in total. The van der Waals surface area contributed by atoms with Gasteiger partial charge in [-0.1, -0.05) is 43.7 Å². The molecule has 2 aromatic carbocycles. The fourth-order valence-electron chi connectivity index (χ4n) is 3.52. The first kappa shape index (κ1) is 19.2. The van der Waals surface area contributed by atoms with Crippen LogP contribution in [0.25, 0.3) is 27.5 Å². The van der Waals surface area contributed by atoms with Gasteiger partial charge in [0.15, 0.2) is 5.82 Å². The number of phenols is 1. The van der Waals surface area contributed by atoms with Crippen molar-refractivity contribution >= 4 is 11.3 Å². The van der Waals surface area contributed by atoms with Crippen LogP contribution in [0.4, 0.5) is 0 Å². The van der Waals surface area contributed by atoms with Gasteiger partial charge in [0.25, 0.3) is 5.56 Å². The smallest absolute Gasteiger partial charge is 0.267 e. The van der Waals surface area contributed by atoms with Crippen molar-refractivity contribution in [2.24, 2.45) is 0 Å². The number of aromatic hydroxyl groups is 1. The Hall–Kier alpha value is -3.18. The highest BCUT2D eigenvalue weighted by molar-refractivity contribution is 7.13. The maximum absolute atomic E-state index is 13.7. The standard InChI is InChI=1S/C24H22N2O2S/c1-3-7-17-11-13-18(14-12-17)26-23(19-8-4-5-9-20(19)27)25-16(2)22(24(26)28)21-10-6-15-29-21/h4-6,8-15,27H,3,7H2,1-2H3. The van der Waals surface area contributed by atoms with Gasteiger partial charge in [-0.2, -0.15) is 0 Å². The van der Waals surface area contributed by atoms with Gasteiger partial charge < -0.3 is 5.11 Å². The van der Waals surface area contributed by atoms with Gasteiger partial charge in [-0.25, -0.2) is 4.98 Å². The van der Waals surface area contributed by atoms with E-state index >= 15 is 0 Å². The summed E-state index contributed by atoms with van der Waals surface area (Å²) in [5.41, 5.74) is 3.60. The SMILES string of the molecule is CCCc1ccc(-n2c(-c3ccccc3O)nc(C)c(-c3cccs3)c2=O)cc1. The summed E-state index contributed by atoms with van der Waals surface area (Å²) in [5, 5.41) is 12.4. The van der Waals surface area contributed by atoms with Crippen LogP contribution in [0.5, 0.6) is 5.75 Å². The predicted octanol–water partition coefficient (Wildman–Crippen LogP) is 5.59. The first-order valence-corrected chi connectivity index (χ1v) is 10.5. The summed E-state index contributed by atoms with van der Waals surface area (Å²) in [6, 6.07) is 18.8. The maximum Gasteiger partial charge on any atom is 0.267 e. The van der Waals surface area contributed by atoms with Gasteiger partial charge in [0.05, 0.1) is 22.5 Å².